The molecule has 0 aliphatic carbocycles. The van der Waals surface area contributed by atoms with Crippen molar-refractivity contribution in [2.45, 2.75) is 26.2 Å². The van der Waals surface area contributed by atoms with E-state index in [1.54, 1.807) is 6.07 Å². The third-order valence-corrected chi connectivity index (χ3v) is 3.10. The van der Waals surface area contributed by atoms with Crippen molar-refractivity contribution in [3.05, 3.63) is 35.0 Å². The van der Waals surface area contributed by atoms with Crippen molar-refractivity contribution in [1.82, 2.24) is 0 Å². The van der Waals surface area contributed by atoms with Crippen molar-refractivity contribution in [1.29, 1.82) is 0 Å². The molecule has 2 rings (SSSR count). The lowest BCUT2D eigenvalue weighted by Gasteiger charge is -2.21. The van der Waals surface area contributed by atoms with Crippen molar-refractivity contribution in [3.63, 3.8) is 0 Å². The number of hydrogen-bond acceptors (Lipinski definition) is 4. The number of halogens is 1. The van der Waals surface area contributed by atoms with Crippen LogP contribution < -0.4 is 5.73 Å². The molecule has 0 bridgehead atoms. The summed E-state index contributed by atoms with van der Waals surface area (Å²) < 4.78 is 16.7. The second kappa shape index (κ2) is 6.39. The van der Waals surface area contributed by atoms with Crippen LogP contribution in [0.15, 0.2) is 28.7 Å². The highest BCUT2D eigenvalue weighted by Crippen LogP contribution is 2.30. The average Bonchev–Trinajstić information content (AvgIpc) is 2.83. The Morgan fingerprint density at radius 3 is 2.53 bits per heavy atom. The predicted octanol–water partition coefficient (Wildman–Crippen LogP) is 3.49. The smallest absolute Gasteiger partial charge is 0.179 e. The van der Waals surface area contributed by atoms with E-state index < -0.39 is 12.3 Å². The van der Waals surface area contributed by atoms with Gasteiger partial charge in [0.2, 0.25) is 0 Å². The Bertz CT molecular complexity index is 534. The van der Waals surface area contributed by atoms with E-state index in [-0.39, 0.29) is 0 Å². The first-order chi connectivity index (χ1) is 9.17. The van der Waals surface area contributed by atoms with Gasteiger partial charge in [0.1, 0.15) is 11.8 Å². The number of nitrogens with two attached hydrogens (primary N) is 1. The normalized spacial score (nSPS) is 13.3. The minimum atomic E-state index is -0.519. The van der Waals surface area contributed by atoms with Crippen LogP contribution in [0.5, 0.6) is 0 Å². The Morgan fingerprint density at radius 2 is 1.95 bits per heavy atom. The molecule has 0 spiro atoms. The molecule has 2 aromatic rings. The number of rotatable bonds is 6. The summed E-state index contributed by atoms with van der Waals surface area (Å²) in [6, 6.07) is 6.97. The van der Waals surface area contributed by atoms with Gasteiger partial charge in [-0.1, -0.05) is 23.7 Å². The lowest BCUT2D eigenvalue weighted by molar-refractivity contribution is -0.151. The van der Waals surface area contributed by atoms with Crippen LogP contribution in [-0.4, -0.2) is 19.5 Å². The van der Waals surface area contributed by atoms with Crippen LogP contribution in [0.2, 0.25) is 5.02 Å². The maximum atomic E-state index is 6.14. The topological polar surface area (TPSA) is 57.6 Å². The van der Waals surface area contributed by atoms with E-state index in [2.05, 4.69) is 0 Å². The molecule has 1 atom stereocenters. The first kappa shape index (κ1) is 14.3. The lowest BCUT2D eigenvalue weighted by atomic mass is 10.2. The zero-order valence-electron chi connectivity index (χ0n) is 11.1. The molecule has 0 saturated carbocycles. The first-order valence-corrected chi connectivity index (χ1v) is 6.71. The molecule has 1 heterocycles. The summed E-state index contributed by atoms with van der Waals surface area (Å²) in [4.78, 5) is 0. The van der Waals surface area contributed by atoms with Crippen molar-refractivity contribution in [3.8, 4) is 0 Å². The van der Waals surface area contributed by atoms with Gasteiger partial charge in [0.05, 0.1) is 5.02 Å². The van der Waals surface area contributed by atoms with E-state index in [1.165, 1.54) is 0 Å². The number of para-hydroxylation sites is 1. The van der Waals surface area contributed by atoms with Crippen LogP contribution in [-0.2, 0) is 9.47 Å². The minimum Gasteiger partial charge on any atom is -0.458 e. The van der Waals surface area contributed by atoms with Crippen LogP contribution in [0.25, 0.3) is 11.0 Å². The molecule has 2 N–H and O–H groups in total. The monoisotopic (exact) mass is 283 g/mol. The van der Waals surface area contributed by atoms with Crippen LogP contribution in [0.3, 0.4) is 0 Å². The Kier molecular flexibility index (Phi) is 4.82. The summed E-state index contributed by atoms with van der Waals surface area (Å²) in [5.74, 6) is 0.606. The molecule has 1 aromatic heterocycles. The average molecular weight is 284 g/mol. The molecule has 0 saturated heterocycles. The third-order valence-electron chi connectivity index (χ3n) is 2.80. The van der Waals surface area contributed by atoms with Gasteiger partial charge in [-0.3, -0.25) is 0 Å². The van der Waals surface area contributed by atoms with Crippen LogP contribution in [0.4, 0.5) is 0 Å². The van der Waals surface area contributed by atoms with E-state index in [9.17, 15) is 0 Å². The fraction of sp³-hybridized carbons (Fsp3) is 0.429. The largest absolute Gasteiger partial charge is 0.458 e. The molecule has 4 nitrogen and oxygen atoms in total. The van der Waals surface area contributed by atoms with Crippen molar-refractivity contribution in [2.75, 3.05) is 13.2 Å². The fourth-order valence-electron chi connectivity index (χ4n) is 1.93. The molecule has 0 fully saturated rings. The molecule has 0 aliphatic heterocycles. The van der Waals surface area contributed by atoms with Gasteiger partial charge >= 0.3 is 0 Å². The Balaban J connectivity index is 2.29. The van der Waals surface area contributed by atoms with Gasteiger partial charge in [0.15, 0.2) is 11.9 Å². The number of fused-ring (bicyclic) bond motifs is 1. The number of hydrogen-bond donors (Lipinski definition) is 1. The van der Waals surface area contributed by atoms with Gasteiger partial charge < -0.3 is 19.6 Å². The molecule has 0 radical (unpaired) electrons. The van der Waals surface area contributed by atoms with E-state index in [4.69, 9.17) is 31.2 Å². The summed E-state index contributed by atoms with van der Waals surface area (Å²) in [7, 11) is 0. The van der Waals surface area contributed by atoms with Crippen LogP contribution >= 0.6 is 11.6 Å². The molecule has 0 amide bonds. The Morgan fingerprint density at radius 1 is 1.26 bits per heavy atom. The summed E-state index contributed by atoms with van der Waals surface area (Å²) in [5, 5.41) is 1.49. The fourth-order valence-corrected chi connectivity index (χ4v) is 2.15. The zero-order valence-corrected chi connectivity index (χ0v) is 11.8. The third kappa shape index (κ3) is 3.09. The second-order valence-electron chi connectivity index (χ2n) is 4.11. The predicted molar refractivity (Wildman–Crippen MR) is 75.2 cm³/mol. The highest BCUT2D eigenvalue weighted by Gasteiger charge is 2.24. The Labute approximate surface area is 117 Å². The summed E-state index contributed by atoms with van der Waals surface area (Å²) in [5.41, 5.74) is 6.78. The molecular weight excluding hydrogens is 266 g/mol. The van der Waals surface area contributed by atoms with E-state index in [0.29, 0.717) is 29.6 Å². The number of furan rings is 1. The van der Waals surface area contributed by atoms with Gasteiger partial charge in [0.25, 0.3) is 0 Å². The summed E-state index contributed by atoms with van der Waals surface area (Å²) in [6.07, 6.45) is -0.519. The number of benzene rings is 1. The summed E-state index contributed by atoms with van der Waals surface area (Å²) >= 11 is 6.08. The van der Waals surface area contributed by atoms with Gasteiger partial charge in [-0.05, 0) is 26.0 Å². The minimum absolute atomic E-state index is 0.483. The molecule has 1 aromatic carbocycles. The van der Waals surface area contributed by atoms with Crippen molar-refractivity contribution >= 4 is 22.6 Å². The molecular formula is C14H18ClNO3. The second-order valence-corrected chi connectivity index (χ2v) is 4.52. The Hall–Kier alpha value is -1.07. The van der Waals surface area contributed by atoms with Crippen LogP contribution in [0.1, 0.15) is 25.6 Å². The maximum Gasteiger partial charge on any atom is 0.179 e. The van der Waals surface area contributed by atoms with Crippen LogP contribution in [0, 0.1) is 0 Å². The van der Waals surface area contributed by atoms with Gasteiger partial charge in [-0.25, -0.2) is 0 Å². The van der Waals surface area contributed by atoms with Crippen molar-refractivity contribution < 1.29 is 13.9 Å². The molecule has 1 unspecified atom stereocenters. The standard InChI is InChI=1S/C14H18ClNO3/c1-3-17-14(18-4-2)12(16)11-8-9-6-5-7-10(15)13(9)19-11/h5-8,12,14H,3-4,16H2,1-2H3. The maximum absolute atomic E-state index is 6.14. The zero-order chi connectivity index (χ0) is 13.8. The molecule has 104 valence electrons. The molecule has 19 heavy (non-hydrogen) atoms. The SMILES string of the molecule is CCOC(OCC)C(N)c1cc2cccc(Cl)c2o1. The highest BCUT2D eigenvalue weighted by molar-refractivity contribution is 6.34. The van der Waals surface area contributed by atoms with E-state index in [0.717, 1.165) is 5.39 Å². The number of ether oxygens (including phenoxy) is 2. The van der Waals surface area contributed by atoms with Crippen molar-refractivity contribution in [2.24, 2.45) is 5.73 Å². The van der Waals surface area contributed by atoms with E-state index >= 15 is 0 Å². The molecule has 5 heteroatoms. The van der Waals surface area contributed by atoms with Gasteiger partial charge in [-0.2, -0.15) is 0 Å². The summed E-state index contributed by atoms with van der Waals surface area (Å²) in [6.45, 7) is 4.85. The highest BCUT2D eigenvalue weighted by atomic mass is 35.5. The van der Waals surface area contributed by atoms with E-state index in [1.807, 2.05) is 32.0 Å². The first-order valence-electron chi connectivity index (χ1n) is 6.34. The van der Waals surface area contributed by atoms with Gasteiger partial charge in [0, 0.05) is 18.6 Å². The van der Waals surface area contributed by atoms with Gasteiger partial charge in [-0.15, -0.1) is 0 Å². The molecule has 0 aliphatic rings. The quantitative estimate of drug-likeness (QED) is 0.825. The lowest BCUT2D eigenvalue weighted by Crippen LogP contribution is -2.31.